The van der Waals surface area contributed by atoms with E-state index in [0.717, 1.165) is 7.11 Å². The predicted molar refractivity (Wildman–Crippen MR) is 51.9 cm³/mol. The van der Waals surface area contributed by atoms with Crippen LogP contribution in [0.15, 0.2) is 10.5 Å². The number of rotatable bonds is 3. The second kappa shape index (κ2) is 4.57. The maximum Gasteiger partial charge on any atom is 0.307 e. The molecule has 0 atom stereocenters. The summed E-state index contributed by atoms with van der Waals surface area (Å²) in [5.74, 6) is -3.81. The van der Waals surface area contributed by atoms with Crippen molar-refractivity contribution in [3.8, 4) is 5.75 Å². The minimum atomic E-state index is -1.19. The molecule has 0 radical (unpaired) electrons. The van der Waals surface area contributed by atoms with Crippen molar-refractivity contribution in [2.75, 3.05) is 7.11 Å². The fourth-order valence-electron chi connectivity index (χ4n) is 1.14. The Bertz CT molecular complexity index is 407. The highest BCUT2D eigenvalue weighted by molar-refractivity contribution is 9.10. The van der Waals surface area contributed by atoms with Gasteiger partial charge in [-0.2, -0.15) is 4.39 Å². The normalized spacial score (nSPS) is 10.1. The summed E-state index contributed by atoms with van der Waals surface area (Å²) < 4.78 is 30.8. The molecule has 1 aromatic carbocycles. The third-order valence-corrected chi connectivity index (χ3v) is 2.32. The number of carboxylic acids is 1. The van der Waals surface area contributed by atoms with Crippen LogP contribution in [-0.4, -0.2) is 18.2 Å². The van der Waals surface area contributed by atoms with Gasteiger partial charge in [0.05, 0.1) is 18.0 Å². The van der Waals surface area contributed by atoms with Gasteiger partial charge in [-0.15, -0.1) is 0 Å². The van der Waals surface area contributed by atoms with Gasteiger partial charge in [0.2, 0.25) is 5.82 Å². The van der Waals surface area contributed by atoms with E-state index in [2.05, 4.69) is 20.7 Å². The Balaban J connectivity index is 3.31. The average Bonchev–Trinajstić information content (AvgIpc) is 2.14. The van der Waals surface area contributed by atoms with Gasteiger partial charge < -0.3 is 9.84 Å². The van der Waals surface area contributed by atoms with E-state index in [1.165, 1.54) is 6.07 Å². The molecule has 0 heterocycles. The third kappa shape index (κ3) is 2.44. The highest BCUT2D eigenvalue weighted by Crippen LogP contribution is 2.30. The van der Waals surface area contributed by atoms with E-state index in [9.17, 15) is 13.6 Å². The van der Waals surface area contributed by atoms with E-state index in [1.54, 1.807) is 0 Å². The van der Waals surface area contributed by atoms with E-state index in [-0.39, 0.29) is 15.8 Å². The zero-order valence-corrected chi connectivity index (χ0v) is 9.27. The van der Waals surface area contributed by atoms with Gasteiger partial charge in [-0.1, -0.05) is 0 Å². The molecule has 0 aliphatic rings. The van der Waals surface area contributed by atoms with E-state index in [1.807, 2.05) is 0 Å². The molecule has 0 amide bonds. The zero-order chi connectivity index (χ0) is 11.6. The molecular weight excluding hydrogens is 274 g/mol. The van der Waals surface area contributed by atoms with Crippen LogP contribution in [0.5, 0.6) is 5.75 Å². The first kappa shape index (κ1) is 11.9. The van der Waals surface area contributed by atoms with Gasteiger partial charge in [0.1, 0.15) is 0 Å². The van der Waals surface area contributed by atoms with Crippen LogP contribution < -0.4 is 4.74 Å². The molecule has 1 aromatic rings. The largest absolute Gasteiger partial charge is 0.493 e. The van der Waals surface area contributed by atoms with Crippen LogP contribution in [0.1, 0.15) is 5.56 Å². The monoisotopic (exact) mass is 280 g/mol. The number of hydrogen-bond donors (Lipinski definition) is 1. The maximum atomic E-state index is 13.3. The van der Waals surface area contributed by atoms with Crippen LogP contribution in [-0.2, 0) is 11.2 Å². The number of carboxylic acid groups (broad SMARTS) is 1. The first-order valence-corrected chi connectivity index (χ1v) is 4.68. The van der Waals surface area contributed by atoms with Crippen LogP contribution in [0.2, 0.25) is 0 Å². The van der Waals surface area contributed by atoms with Crippen molar-refractivity contribution in [2.24, 2.45) is 0 Å². The van der Waals surface area contributed by atoms with Crippen molar-refractivity contribution in [1.82, 2.24) is 0 Å². The Kier molecular flexibility index (Phi) is 3.62. The van der Waals surface area contributed by atoms with Gasteiger partial charge >= 0.3 is 5.97 Å². The zero-order valence-electron chi connectivity index (χ0n) is 7.68. The van der Waals surface area contributed by atoms with Gasteiger partial charge in [-0.25, -0.2) is 4.39 Å². The molecule has 15 heavy (non-hydrogen) atoms. The number of hydrogen-bond acceptors (Lipinski definition) is 2. The molecule has 0 saturated heterocycles. The fraction of sp³-hybridized carbons (Fsp3) is 0.222. The van der Waals surface area contributed by atoms with Crippen molar-refractivity contribution >= 4 is 21.9 Å². The standard InChI is InChI=1S/C9H7BrF2O3/c1-15-9-4(3-6(13)14)2-5(10)7(11)8(9)12/h2H,3H2,1H3,(H,13,14). The molecule has 0 saturated carbocycles. The molecule has 3 nitrogen and oxygen atoms in total. The van der Waals surface area contributed by atoms with Crippen molar-refractivity contribution in [3.05, 3.63) is 27.7 Å². The van der Waals surface area contributed by atoms with Crippen molar-refractivity contribution in [1.29, 1.82) is 0 Å². The third-order valence-electron chi connectivity index (χ3n) is 1.74. The molecule has 1 rings (SSSR count). The number of carbonyl (C=O) groups is 1. The van der Waals surface area contributed by atoms with Gasteiger partial charge in [0.15, 0.2) is 11.6 Å². The second-order valence-electron chi connectivity index (χ2n) is 2.75. The predicted octanol–water partition coefficient (Wildman–Crippen LogP) is 2.36. The molecule has 1 N–H and O–H groups in total. The molecule has 0 aromatic heterocycles. The molecule has 82 valence electrons. The van der Waals surface area contributed by atoms with E-state index < -0.39 is 24.0 Å². The van der Waals surface area contributed by atoms with E-state index in [0.29, 0.717) is 0 Å². The number of aliphatic carboxylic acids is 1. The highest BCUT2D eigenvalue weighted by atomic mass is 79.9. The van der Waals surface area contributed by atoms with Crippen molar-refractivity contribution in [3.63, 3.8) is 0 Å². The van der Waals surface area contributed by atoms with Gasteiger partial charge in [-0.05, 0) is 22.0 Å². The summed E-state index contributed by atoms with van der Waals surface area (Å²) in [6, 6.07) is 1.19. The SMILES string of the molecule is COc1c(CC(=O)O)cc(Br)c(F)c1F. The first-order chi connectivity index (χ1) is 6.97. The highest BCUT2D eigenvalue weighted by Gasteiger charge is 2.19. The molecule has 0 spiro atoms. The fourth-order valence-corrected chi connectivity index (χ4v) is 1.59. The Morgan fingerprint density at radius 3 is 2.60 bits per heavy atom. The van der Waals surface area contributed by atoms with Crippen LogP contribution in [0, 0.1) is 11.6 Å². The van der Waals surface area contributed by atoms with Crippen LogP contribution >= 0.6 is 15.9 Å². The number of benzene rings is 1. The summed E-state index contributed by atoms with van der Waals surface area (Å²) in [6.45, 7) is 0. The second-order valence-corrected chi connectivity index (χ2v) is 3.60. The quantitative estimate of drug-likeness (QED) is 0.865. The van der Waals surface area contributed by atoms with E-state index >= 15 is 0 Å². The Hall–Kier alpha value is -1.17. The molecular formula is C9H7BrF2O3. The summed E-state index contributed by atoms with van der Waals surface area (Å²) >= 11 is 2.79. The molecule has 0 unspecified atom stereocenters. The summed E-state index contributed by atoms with van der Waals surface area (Å²) in [6.07, 6.45) is -0.432. The van der Waals surface area contributed by atoms with Crippen molar-refractivity contribution in [2.45, 2.75) is 6.42 Å². The van der Waals surface area contributed by atoms with E-state index in [4.69, 9.17) is 5.11 Å². The van der Waals surface area contributed by atoms with Gasteiger partial charge in [0, 0.05) is 5.56 Å². The minimum Gasteiger partial charge on any atom is -0.493 e. The summed E-state index contributed by atoms with van der Waals surface area (Å²) in [4.78, 5) is 10.5. The minimum absolute atomic E-state index is 0.0794. The number of methoxy groups -OCH3 is 1. The number of ether oxygens (including phenoxy) is 1. The van der Waals surface area contributed by atoms with Crippen molar-refractivity contribution < 1.29 is 23.4 Å². The Labute approximate surface area is 92.8 Å². The smallest absolute Gasteiger partial charge is 0.307 e. The molecule has 0 aliphatic heterocycles. The Morgan fingerprint density at radius 1 is 1.53 bits per heavy atom. The molecule has 6 heteroatoms. The topological polar surface area (TPSA) is 46.5 Å². The lowest BCUT2D eigenvalue weighted by Gasteiger charge is -2.09. The van der Waals surface area contributed by atoms with Crippen LogP contribution in [0.25, 0.3) is 0 Å². The Morgan fingerprint density at radius 2 is 2.13 bits per heavy atom. The summed E-state index contributed by atoms with van der Waals surface area (Å²) in [7, 11) is 1.15. The molecule has 0 bridgehead atoms. The lowest BCUT2D eigenvalue weighted by Crippen LogP contribution is -2.05. The van der Waals surface area contributed by atoms with Gasteiger partial charge in [-0.3, -0.25) is 4.79 Å². The first-order valence-electron chi connectivity index (χ1n) is 3.89. The summed E-state index contributed by atoms with van der Waals surface area (Å²) in [5, 5.41) is 8.55. The lowest BCUT2D eigenvalue weighted by molar-refractivity contribution is -0.136. The van der Waals surface area contributed by atoms with Crippen LogP contribution in [0.3, 0.4) is 0 Å². The average molecular weight is 281 g/mol. The molecule has 0 fully saturated rings. The summed E-state index contributed by atoms with van der Waals surface area (Å²) in [5.41, 5.74) is 0.0794. The van der Waals surface area contributed by atoms with Gasteiger partial charge in [0.25, 0.3) is 0 Å². The molecule has 0 aliphatic carbocycles. The van der Waals surface area contributed by atoms with Crippen LogP contribution in [0.4, 0.5) is 8.78 Å². The maximum absolute atomic E-state index is 13.3. The number of halogens is 3. The lowest BCUT2D eigenvalue weighted by atomic mass is 10.1.